The molecular weight excluding hydrogens is 402 g/mol. The lowest BCUT2D eigenvalue weighted by Crippen LogP contribution is -2.01. The number of pyridine rings is 1. The zero-order valence-electron chi connectivity index (χ0n) is 17.0. The molecule has 0 atom stereocenters. The fourth-order valence-corrected chi connectivity index (χ4v) is 5.44. The number of fused-ring (bicyclic) bond motifs is 3. The minimum atomic E-state index is -3.13. The molecule has 0 aliphatic heterocycles. The van der Waals surface area contributed by atoms with E-state index in [0.717, 1.165) is 33.1 Å². The summed E-state index contributed by atoms with van der Waals surface area (Å²) in [5.74, 6) is -0.274. The van der Waals surface area contributed by atoms with Gasteiger partial charge >= 0.3 is 7.60 Å². The molecule has 2 heterocycles. The summed E-state index contributed by atoms with van der Waals surface area (Å²) >= 11 is 0. The Kier molecular flexibility index (Phi) is 6.00. The van der Waals surface area contributed by atoms with Gasteiger partial charge in [0.15, 0.2) is 0 Å². The first-order chi connectivity index (χ1) is 14.5. The van der Waals surface area contributed by atoms with Gasteiger partial charge in [-0.25, -0.2) is 4.39 Å². The van der Waals surface area contributed by atoms with Crippen molar-refractivity contribution in [2.75, 3.05) is 13.2 Å². The topological polar surface area (TPSA) is 53.4 Å². The lowest BCUT2D eigenvalue weighted by atomic mass is 10.1. The van der Waals surface area contributed by atoms with Crippen LogP contribution in [-0.4, -0.2) is 22.8 Å². The van der Waals surface area contributed by atoms with Crippen LogP contribution in [0.1, 0.15) is 25.0 Å². The van der Waals surface area contributed by atoms with Gasteiger partial charge in [-0.1, -0.05) is 24.3 Å². The lowest BCUT2D eigenvalue weighted by Gasteiger charge is -2.17. The van der Waals surface area contributed by atoms with E-state index in [4.69, 9.17) is 9.05 Å². The Hall–Kier alpha value is -2.53. The molecule has 0 saturated carbocycles. The van der Waals surface area contributed by atoms with Crippen molar-refractivity contribution in [2.45, 2.75) is 26.6 Å². The first-order valence-electron chi connectivity index (χ1n) is 10.0. The molecule has 2 aromatic carbocycles. The number of benzene rings is 2. The number of nitrogens with zero attached hydrogens (tertiary/aromatic N) is 2. The molecule has 0 amide bonds. The molecule has 0 unspecified atom stereocenters. The molecule has 2 aromatic heterocycles. The van der Waals surface area contributed by atoms with E-state index in [0.29, 0.717) is 19.8 Å². The van der Waals surface area contributed by atoms with E-state index >= 15 is 0 Å². The number of rotatable bonds is 8. The van der Waals surface area contributed by atoms with Crippen molar-refractivity contribution >= 4 is 29.5 Å². The van der Waals surface area contributed by atoms with Gasteiger partial charge in [-0.2, -0.15) is 0 Å². The highest BCUT2D eigenvalue weighted by atomic mass is 31.2. The largest absolute Gasteiger partial charge is 0.335 e. The molecule has 156 valence electrons. The second kappa shape index (κ2) is 8.68. The molecule has 4 rings (SSSR count). The molecule has 4 aromatic rings. The first-order valence-corrected chi connectivity index (χ1v) is 11.7. The molecular formula is C23H24FN2O3P. The Bertz CT molecular complexity index is 1210. The fourth-order valence-electron chi connectivity index (χ4n) is 3.73. The van der Waals surface area contributed by atoms with Gasteiger partial charge < -0.3 is 13.6 Å². The lowest BCUT2D eigenvalue weighted by molar-refractivity contribution is 0.219. The summed E-state index contributed by atoms with van der Waals surface area (Å²) in [5.41, 5.74) is 4.66. The van der Waals surface area contributed by atoms with E-state index in [9.17, 15) is 8.96 Å². The third-order valence-electron chi connectivity index (χ3n) is 4.97. The predicted molar refractivity (Wildman–Crippen MR) is 117 cm³/mol. The van der Waals surface area contributed by atoms with Gasteiger partial charge in [0, 0.05) is 18.1 Å². The summed E-state index contributed by atoms with van der Waals surface area (Å²) in [6.07, 6.45) is 1.97. The van der Waals surface area contributed by atoms with E-state index < -0.39 is 7.60 Å². The van der Waals surface area contributed by atoms with Crippen LogP contribution in [0.3, 0.4) is 0 Å². The Balaban J connectivity index is 1.64. The second-order valence-electron chi connectivity index (χ2n) is 7.04. The third-order valence-corrected chi connectivity index (χ3v) is 7.03. The normalized spacial score (nSPS) is 12.1. The second-order valence-corrected chi connectivity index (χ2v) is 9.09. The first kappa shape index (κ1) is 20.7. The maximum atomic E-state index is 13.8. The average Bonchev–Trinajstić information content (AvgIpc) is 3.03. The molecule has 0 N–H and O–H groups in total. The number of halogens is 1. The standard InChI is InChI=1S/C23H24FN2O3P/c1-3-28-30(27,29-4-2)16-18-9-7-17(8-10-18)15-26-21-12-11-19(24)14-20(21)23-22(26)6-5-13-25-23/h5-14H,3-4,15-16H2,1-2H3. The van der Waals surface area contributed by atoms with Crippen LogP contribution in [0.15, 0.2) is 60.8 Å². The maximum Gasteiger partial charge on any atom is 0.335 e. The Labute approximate surface area is 175 Å². The average molecular weight is 426 g/mol. The Morgan fingerprint density at radius 2 is 1.67 bits per heavy atom. The van der Waals surface area contributed by atoms with E-state index in [1.807, 2.05) is 36.4 Å². The van der Waals surface area contributed by atoms with Gasteiger partial charge in [0.2, 0.25) is 0 Å². The number of hydrogen-bond acceptors (Lipinski definition) is 4. The number of hydrogen-bond donors (Lipinski definition) is 0. The zero-order valence-corrected chi connectivity index (χ0v) is 17.9. The molecule has 5 nitrogen and oxygen atoms in total. The monoisotopic (exact) mass is 426 g/mol. The molecule has 30 heavy (non-hydrogen) atoms. The molecule has 0 aliphatic rings. The van der Waals surface area contributed by atoms with Crippen LogP contribution in [0.2, 0.25) is 0 Å². The summed E-state index contributed by atoms with van der Waals surface area (Å²) in [5, 5.41) is 0.802. The van der Waals surface area contributed by atoms with E-state index in [-0.39, 0.29) is 12.0 Å². The van der Waals surface area contributed by atoms with E-state index in [2.05, 4.69) is 9.55 Å². The van der Waals surface area contributed by atoms with Crippen LogP contribution < -0.4 is 0 Å². The molecule has 0 radical (unpaired) electrons. The SMILES string of the molecule is CCOP(=O)(Cc1ccc(Cn2c3ccc(F)cc3c3ncccc32)cc1)OCC. The van der Waals surface area contributed by atoms with Crippen molar-refractivity contribution < 1.29 is 18.0 Å². The van der Waals surface area contributed by atoms with Crippen molar-refractivity contribution in [3.05, 3.63) is 77.7 Å². The summed E-state index contributed by atoms with van der Waals surface area (Å²) < 4.78 is 39.5. The molecule has 0 aliphatic carbocycles. The highest BCUT2D eigenvalue weighted by Crippen LogP contribution is 2.51. The van der Waals surface area contributed by atoms with Gasteiger partial charge in [-0.05, 0) is 55.3 Å². The van der Waals surface area contributed by atoms with Crippen molar-refractivity contribution in [2.24, 2.45) is 0 Å². The van der Waals surface area contributed by atoms with Gasteiger partial charge in [-0.15, -0.1) is 0 Å². The quantitative estimate of drug-likeness (QED) is 0.318. The van der Waals surface area contributed by atoms with Crippen molar-refractivity contribution in [3.8, 4) is 0 Å². The third kappa shape index (κ3) is 4.17. The van der Waals surface area contributed by atoms with Crippen molar-refractivity contribution in [3.63, 3.8) is 0 Å². The van der Waals surface area contributed by atoms with Gasteiger partial charge in [-0.3, -0.25) is 9.55 Å². The van der Waals surface area contributed by atoms with Crippen LogP contribution >= 0.6 is 7.60 Å². The van der Waals surface area contributed by atoms with Gasteiger partial charge in [0.1, 0.15) is 5.82 Å². The van der Waals surface area contributed by atoms with Crippen molar-refractivity contribution in [1.29, 1.82) is 0 Å². The number of aromatic nitrogens is 2. The summed E-state index contributed by atoms with van der Waals surface area (Å²) in [6.45, 7) is 4.92. The van der Waals surface area contributed by atoms with Crippen molar-refractivity contribution in [1.82, 2.24) is 9.55 Å². The fraction of sp³-hybridized carbons (Fsp3) is 0.261. The zero-order chi connectivity index (χ0) is 21.1. The van der Waals surface area contributed by atoms with Gasteiger partial charge in [0.25, 0.3) is 0 Å². The van der Waals surface area contributed by atoms with Gasteiger partial charge in [0.05, 0.1) is 35.9 Å². The Morgan fingerprint density at radius 1 is 0.967 bits per heavy atom. The molecule has 0 spiro atoms. The van der Waals surface area contributed by atoms with Crippen LogP contribution in [0, 0.1) is 5.82 Å². The van der Waals surface area contributed by atoms with Crippen LogP contribution in [0.4, 0.5) is 4.39 Å². The van der Waals surface area contributed by atoms with Crippen LogP contribution in [0.25, 0.3) is 21.9 Å². The smallest absolute Gasteiger partial charge is 0.335 e. The highest BCUT2D eigenvalue weighted by Gasteiger charge is 2.24. The van der Waals surface area contributed by atoms with E-state index in [1.165, 1.54) is 12.1 Å². The highest BCUT2D eigenvalue weighted by molar-refractivity contribution is 7.53. The molecule has 7 heteroatoms. The summed E-state index contributed by atoms with van der Waals surface area (Å²) in [7, 11) is -3.13. The van der Waals surface area contributed by atoms with E-state index in [1.54, 1.807) is 26.1 Å². The minimum Gasteiger partial charge on any atom is -0.335 e. The van der Waals surface area contributed by atoms with Crippen LogP contribution in [-0.2, 0) is 26.3 Å². The molecule has 0 saturated heterocycles. The minimum absolute atomic E-state index is 0.244. The summed E-state index contributed by atoms with van der Waals surface area (Å²) in [4.78, 5) is 4.46. The predicted octanol–water partition coefficient (Wildman–Crippen LogP) is 6.14. The summed E-state index contributed by atoms with van der Waals surface area (Å²) in [6, 6.07) is 16.6. The Morgan fingerprint density at radius 3 is 2.37 bits per heavy atom. The van der Waals surface area contributed by atoms with Crippen LogP contribution in [0.5, 0.6) is 0 Å². The molecule has 0 fully saturated rings. The maximum absolute atomic E-state index is 13.8. The molecule has 0 bridgehead atoms.